The van der Waals surface area contributed by atoms with Gasteiger partial charge in [0.1, 0.15) is 5.71 Å². The summed E-state index contributed by atoms with van der Waals surface area (Å²) in [5.41, 5.74) is -0.101. The summed E-state index contributed by atoms with van der Waals surface area (Å²) in [7, 11) is 0. The topological polar surface area (TPSA) is 12.4 Å². The molecule has 0 bridgehead atoms. The SMILES string of the molecule is FC(F)(I)C1=NCCCC=C1. The smallest absolute Gasteiger partial charge is 0.283 e. The molecule has 0 saturated heterocycles. The minimum absolute atomic E-state index is 0.101. The van der Waals surface area contributed by atoms with Gasteiger partial charge in [-0.3, -0.25) is 4.99 Å². The van der Waals surface area contributed by atoms with Crippen LogP contribution in [0, 0.1) is 0 Å². The Morgan fingerprint density at radius 3 is 2.91 bits per heavy atom. The Morgan fingerprint density at radius 2 is 2.27 bits per heavy atom. The van der Waals surface area contributed by atoms with E-state index in [0.717, 1.165) is 35.4 Å². The van der Waals surface area contributed by atoms with Crippen molar-refractivity contribution in [3.8, 4) is 0 Å². The molecule has 0 amide bonds. The van der Waals surface area contributed by atoms with Crippen LogP contribution in [0.25, 0.3) is 0 Å². The summed E-state index contributed by atoms with van der Waals surface area (Å²) in [5, 5.41) is 0. The fourth-order valence-electron chi connectivity index (χ4n) is 0.840. The van der Waals surface area contributed by atoms with E-state index >= 15 is 0 Å². The molecule has 62 valence electrons. The summed E-state index contributed by atoms with van der Waals surface area (Å²) in [6.07, 6.45) is 4.88. The quantitative estimate of drug-likeness (QED) is 0.513. The molecular formula is C7H8F2IN. The third-order valence-corrected chi connectivity index (χ3v) is 1.93. The maximum Gasteiger partial charge on any atom is 0.337 e. The number of rotatable bonds is 1. The third kappa shape index (κ3) is 2.84. The van der Waals surface area contributed by atoms with Crippen molar-refractivity contribution in [2.45, 2.75) is 16.8 Å². The lowest BCUT2D eigenvalue weighted by molar-refractivity contribution is 0.206. The molecular weight excluding hydrogens is 263 g/mol. The third-order valence-electron chi connectivity index (χ3n) is 1.38. The number of alkyl halides is 3. The molecule has 0 aromatic rings. The van der Waals surface area contributed by atoms with Crippen molar-refractivity contribution in [2.24, 2.45) is 4.99 Å². The van der Waals surface area contributed by atoms with E-state index in [1.54, 1.807) is 6.08 Å². The first-order valence-corrected chi connectivity index (χ1v) is 4.47. The van der Waals surface area contributed by atoms with Crippen molar-refractivity contribution >= 4 is 28.3 Å². The lowest BCUT2D eigenvalue weighted by atomic mass is 10.3. The molecule has 1 aliphatic heterocycles. The minimum atomic E-state index is -2.81. The van der Waals surface area contributed by atoms with Crippen LogP contribution in [0.2, 0.25) is 0 Å². The molecule has 0 fully saturated rings. The normalized spacial score (nSPS) is 19.4. The standard InChI is InChI=1S/C7H8F2IN/c8-7(9,10)6-4-2-1-3-5-11-6/h2,4H,1,3,5H2. The van der Waals surface area contributed by atoms with E-state index in [9.17, 15) is 8.78 Å². The van der Waals surface area contributed by atoms with Gasteiger partial charge in [-0.25, -0.2) is 0 Å². The van der Waals surface area contributed by atoms with Crippen LogP contribution < -0.4 is 0 Å². The zero-order valence-corrected chi connectivity index (χ0v) is 8.01. The van der Waals surface area contributed by atoms with Crippen LogP contribution in [-0.4, -0.2) is 16.2 Å². The predicted molar refractivity (Wildman–Crippen MR) is 49.6 cm³/mol. The van der Waals surface area contributed by atoms with Gasteiger partial charge in [0.15, 0.2) is 0 Å². The molecule has 0 unspecified atom stereocenters. The number of nitrogens with zero attached hydrogens (tertiary/aromatic N) is 1. The average molecular weight is 271 g/mol. The van der Waals surface area contributed by atoms with Crippen LogP contribution in [0.5, 0.6) is 0 Å². The Balaban J connectivity index is 2.75. The van der Waals surface area contributed by atoms with E-state index in [-0.39, 0.29) is 5.71 Å². The molecule has 0 spiro atoms. The van der Waals surface area contributed by atoms with Gasteiger partial charge in [-0.05, 0) is 18.9 Å². The van der Waals surface area contributed by atoms with E-state index in [0.29, 0.717) is 6.54 Å². The van der Waals surface area contributed by atoms with Crippen molar-refractivity contribution in [1.82, 2.24) is 0 Å². The lowest BCUT2D eigenvalue weighted by Crippen LogP contribution is -2.18. The molecule has 11 heavy (non-hydrogen) atoms. The monoisotopic (exact) mass is 271 g/mol. The number of hydrogen-bond donors (Lipinski definition) is 0. The van der Waals surface area contributed by atoms with Gasteiger partial charge >= 0.3 is 3.93 Å². The van der Waals surface area contributed by atoms with Crippen molar-refractivity contribution in [3.63, 3.8) is 0 Å². The van der Waals surface area contributed by atoms with E-state index in [1.807, 2.05) is 0 Å². The number of halogens is 3. The fourth-order valence-corrected chi connectivity index (χ4v) is 1.19. The molecule has 1 rings (SSSR count). The number of allylic oxidation sites excluding steroid dienone is 2. The first kappa shape index (κ1) is 9.09. The van der Waals surface area contributed by atoms with E-state index < -0.39 is 3.93 Å². The highest BCUT2D eigenvalue weighted by molar-refractivity contribution is 14.1. The first-order chi connectivity index (χ1) is 5.11. The molecule has 1 aliphatic rings. The largest absolute Gasteiger partial charge is 0.337 e. The summed E-state index contributed by atoms with van der Waals surface area (Å²) in [5.74, 6) is 0. The van der Waals surface area contributed by atoms with Gasteiger partial charge in [0.25, 0.3) is 0 Å². The van der Waals surface area contributed by atoms with Crippen molar-refractivity contribution < 1.29 is 8.78 Å². The summed E-state index contributed by atoms with van der Waals surface area (Å²) in [6, 6.07) is 0. The van der Waals surface area contributed by atoms with E-state index in [4.69, 9.17) is 0 Å². The van der Waals surface area contributed by atoms with Crippen LogP contribution in [0.3, 0.4) is 0 Å². The minimum Gasteiger partial charge on any atom is -0.283 e. The van der Waals surface area contributed by atoms with Crippen LogP contribution in [0.1, 0.15) is 12.8 Å². The van der Waals surface area contributed by atoms with Crippen LogP contribution >= 0.6 is 22.6 Å². The maximum atomic E-state index is 12.6. The highest BCUT2D eigenvalue weighted by atomic mass is 127. The molecule has 0 atom stereocenters. The summed E-state index contributed by atoms with van der Waals surface area (Å²) >= 11 is 1.10. The number of aliphatic imine (C=N–C) groups is 1. The molecule has 1 heterocycles. The van der Waals surface area contributed by atoms with E-state index in [2.05, 4.69) is 4.99 Å². The van der Waals surface area contributed by atoms with Crippen molar-refractivity contribution in [1.29, 1.82) is 0 Å². The molecule has 0 radical (unpaired) electrons. The van der Waals surface area contributed by atoms with Gasteiger partial charge in [0, 0.05) is 29.1 Å². The fraction of sp³-hybridized carbons (Fsp3) is 0.571. The van der Waals surface area contributed by atoms with Crippen molar-refractivity contribution in [2.75, 3.05) is 6.54 Å². The van der Waals surface area contributed by atoms with Gasteiger partial charge in [0.2, 0.25) is 0 Å². The molecule has 0 N–H and O–H groups in total. The summed E-state index contributed by atoms with van der Waals surface area (Å²) in [4.78, 5) is 3.77. The molecule has 0 saturated carbocycles. The summed E-state index contributed by atoms with van der Waals surface area (Å²) < 4.78 is 22.4. The second kappa shape index (κ2) is 3.60. The Hall–Kier alpha value is -0.0000000000000000555. The van der Waals surface area contributed by atoms with E-state index in [1.165, 1.54) is 6.08 Å². The highest BCUT2D eigenvalue weighted by Gasteiger charge is 2.29. The average Bonchev–Trinajstić information content (AvgIpc) is 2.10. The Labute approximate surface area is 77.7 Å². The van der Waals surface area contributed by atoms with Gasteiger partial charge in [0.05, 0.1) is 0 Å². The lowest BCUT2D eigenvalue weighted by Gasteiger charge is -2.06. The molecule has 0 aliphatic carbocycles. The molecule has 4 heteroatoms. The zero-order chi connectivity index (χ0) is 8.32. The maximum absolute atomic E-state index is 12.6. The van der Waals surface area contributed by atoms with Gasteiger partial charge < -0.3 is 0 Å². The molecule has 1 nitrogen and oxygen atoms in total. The number of hydrogen-bond acceptors (Lipinski definition) is 1. The molecule has 0 aromatic carbocycles. The summed E-state index contributed by atoms with van der Waals surface area (Å²) in [6.45, 7) is 0.515. The Kier molecular flexibility index (Phi) is 2.98. The Bertz CT molecular complexity index is 193. The van der Waals surface area contributed by atoms with Gasteiger partial charge in [-0.2, -0.15) is 8.78 Å². The highest BCUT2D eigenvalue weighted by Crippen LogP contribution is 2.26. The van der Waals surface area contributed by atoms with Gasteiger partial charge in [-0.1, -0.05) is 6.08 Å². The van der Waals surface area contributed by atoms with Gasteiger partial charge in [-0.15, -0.1) is 0 Å². The van der Waals surface area contributed by atoms with Crippen LogP contribution in [0.15, 0.2) is 17.1 Å². The Morgan fingerprint density at radius 1 is 1.55 bits per heavy atom. The van der Waals surface area contributed by atoms with Crippen LogP contribution in [0.4, 0.5) is 8.78 Å². The van der Waals surface area contributed by atoms with Crippen molar-refractivity contribution in [3.05, 3.63) is 12.2 Å². The first-order valence-electron chi connectivity index (χ1n) is 3.39. The molecule has 0 aromatic heterocycles. The second-order valence-electron chi connectivity index (χ2n) is 2.31. The second-order valence-corrected chi connectivity index (χ2v) is 3.66. The van der Waals surface area contributed by atoms with Crippen LogP contribution in [-0.2, 0) is 0 Å². The predicted octanol–water partition coefficient (Wildman–Crippen LogP) is 2.81. The zero-order valence-electron chi connectivity index (χ0n) is 5.86.